The number of rotatable bonds is 4. The summed E-state index contributed by atoms with van der Waals surface area (Å²) in [5.41, 5.74) is 2.86. The zero-order chi connectivity index (χ0) is 16.4. The van der Waals surface area contributed by atoms with Crippen molar-refractivity contribution < 1.29 is 4.79 Å². The van der Waals surface area contributed by atoms with Gasteiger partial charge in [0.2, 0.25) is 0 Å². The van der Waals surface area contributed by atoms with Crippen molar-refractivity contribution in [2.75, 3.05) is 13.1 Å². The minimum absolute atomic E-state index is 0.0810. The Morgan fingerprint density at radius 3 is 3.08 bits per heavy atom. The van der Waals surface area contributed by atoms with Crippen molar-refractivity contribution >= 4 is 5.91 Å². The average Bonchev–Trinajstić information content (AvgIpc) is 3.35. The average molecular weight is 322 g/mol. The highest BCUT2D eigenvalue weighted by molar-refractivity contribution is 5.94. The summed E-state index contributed by atoms with van der Waals surface area (Å²) in [5.74, 6) is 0.423. The standard InChI is InChI=1S/C17H18N6O/c24-17(22-7-5-15(10-22)16-4-6-19-21-16)14-3-1-2-13(8-14)9-23-12-18-11-20-23/h1-4,6,8,11-12,15H,5,7,9-10H2,(H,19,21). The molecule has 1 aliphatic heterocycles. The van der Waals surface area contributed by atoms with E-state index in [1.165, 1.54) is 6.33 Å². The number of carbonyl (C=O) groups is 1. The van der Waals surface area contributed by atoms with Crippen LogP contribution in [0.5, 0.6) is 0 Å². The van der Waals surface area contributed by atoms with Gasteiger partial charge < -0.3 is 4.90 Å². The summed E-state index contributed by atoms with van der Waals surface area (Å²) in [4.78, 5) is 18.6. The summed E-state index contributed by atoms with van der Waals surface area (Å²) < 4.78 is 1.74. The van der Waals surface area contributed by atoms with E-state index in [4.69, 9.17) is 0 Å². The summed E-state index contributed by atoms with van der Waals surface area (Å²) >= 11 is 0. The maximum Gasteiger partial charge on any atom is 0.253 e. The predicted octanol–water partition coefficient (Wildman–Crippen LogP) is 1.68. The Hall–Kier alpha value is -2.96. The second-order valence-corrected chi connectivity index (χ2v) is 6.04. The number of aromatic nitrogens is 5. The largest absolute Gasteiger partial charge is 0.338 e. The Kier molecular flexibility index (Phi) is 3.82. The lowest BCUT2D eigenvalue weighted by Crippen LogP contribution is -2.28. The summed E-state index contributed by atoms with van der Waals surface area (Å²) in [6, 6.07) is 9.71. The molecule has 7 nitrogen and oxygen atoms in total. The molecule has 3 aromatic rings. The highest BCUT2D eigenvalue weighted by atomic mass is 16.2. The second kappa shape index (κ2) is 6.27. The van der Waals surface area contributed by atoms with Gasteiger partial charge in [-0.15, -0.1) is 0 Å². The number of H-pyrrole nitrogens is 1. The normalized spacial score (nSPS) is 17.3. The molecule has 0 bridgehead atoms. The van der Waals surface area contributed by atoms with Crippen molar-refractivity contribution in [3.63, 3.8) is 0 Å². The molecule has 1 unspecified atom stereocenters. The van der Waals surface area contributed by atoms with Gasteiger partial charge in [-0.05, 0) is 30.2 Å². The van der Waals surface area contributed by atoms with E-state index in [1.807, 2.05) is 35.2 Å². The van der Waals surface area contributed by atoms with Gasteiger partial charge in [0, 0.05) is 36.5 Å². The number of nitrogens with zero attached hydrogens (tertiary/aromatic N) is 5. The SMILES string of the molecule is O=C(c1cccc(Cn2cncn2)c1)N1CCC(c2ccn[nH]2)C1. The van der Waals surface area contributed by atoms with E-state index in [0.717, 1.165) is 36.3 Å². The quantitative estimate of drug-likeness (QED) is 0.792. The molecule has 1 saturated heterocycles. The molecule has 1 aliphatic rings. The van der Waals surface area contributed by atoms with E-state index in [2.05, 4.69) is 20.3 Å². The van der Waals surface area contributed by atoms with Crippen molar-refractivity contribution in [2.24, 2.45) is 0 Å². The van der Waals surface area contributed by atoms with Crippen LogP contribution >= 0.6 is 0 Å². The number of likely N-dealkylation sites (tertiary alicyclic amines) is 1. The summed E-state index contributed by atoms with van der Waals surface area (Å²) in [6.07, 6.45) is 5.90. The predicted molar refractivity (Wildman–Crippen MR) is 87.4 cm³/mol. The zero-order valence-electron chi connectivity index (χ0n) is 13.2. The molecular formula is C17H18N6O. The molecule has 1 N–H and O–H groups in total. The van der Waals surface area contributed by atoms with Crippen LogP contribution in [0.2, 0.25) is 0 Å². The lowest BCUT2D eigenvalue weighted by molar-refractivity contribution is 0.0790. The van der Waals surface area contributed by atoms with Gasteiger partial charge in [0.05, 0.1) is 6.54 Å². The highest BCUT2D eigenvalue weighted by Crippen LogP contribution is 2.26. The van der Waals surface area contributed by atoms with E-state index in [1.54, 1.807) is 17.2 Å². The van der Waals surface area contributed by atoms with Crippen LogP contribution in [0.1, 0.15) is 34.0 Å². The van der Waals surface area contributed by atoms with Crippen molar-refractivity contribution in [1.82, 2.24) is 29.9 Å². The fourth-order valence-corrected chi connectivity index (χ4v) is 3.18. The third-order valence-electron chi connectivity index (χ3n) is 4.42. The molecule has 1 amide bonds. The maximum atomic E-state index is 12.8. The van der Waals surface area contributed by atoms with E-state index in [9.17, 15) is 4.79 Å². The molecule has 0 aliphatic carbocycles. The van der Waals surface area contributed by atoms with Crippen molar-refractivity contribution in [3.8, 4) is 0 Å². The van der Waals surface area contributed by atoms with Crippen LogP contribution in [0.3, 0.4) is 0 Å². The highest BCUT2D eigenvalue weighted by Gasteiger charge is 2.28. The van der Waals surface area contributed by atoms with Crippen molar-refractivity contribution in [1.29, 1.82) is 0 Å². The number of aromatic amines is 1. The van der Waals surface area contributed by atoms with E-state index < -0.39 is 0 Å². The minimum atomic E-state index is 0.0810. The molecule has 0 spiro atoms. The number of hydrogen-bond acceptors (Lipinski definition) is 4. The van der Waals surface area contributed by atoms with Gasteiger partial charge in [-0.1, -0.05) is 12.1 Å². The van der Waals surface area contributed by atoms with E-state index in [-0.39, 0.29) is 5.91 Å². The van der Waals surface area contributed by atoms with Crippen molar-refractivity contribution in [3.05, 3.63) is 66.0 Å². The first-order valence-corrected chi connectivity index (χ1v) is 7.99. The summed E-state index contributed by atoms with van der Waals surface area (Å²) in [7, 11) is 0. The van der Waals surface area contributed by atoms with Gasteiger partial charge in [0.1, 0.15) is 12.7 Å². The Morgan fingerprint density at radius 2 is 2.29 bits per heavy atom. The number of hydrogen-bond donors (Lipinski definition) is 1. The van der Waals surface area contributed by atoms with Crippen molar-refractivity contribution in [2.45, 2.75) is 18.9 Å². The van der Waals surface area contributed by atoms with Gasteiger partial charge in [0.25, 0.3) is 5.91 Å². The van der Waals surface area contributed by atoms with Gasteiger partial charge in [-0.3, -0.25) is 9.89 Å². The van der Waals surface area contributed by atoms with E-state index in [0.29, 0.717) is 12.5 Å². The molecule has 122 valence electrons. The molecule has 24 heavy (non-hydrogen) atoms. The van der Waals surface area contributed by atoms with Crippen LogP contribution < -0.4 is 0 Å². The minimum Gasteiger partial charge on any atom is -0.338 e. The zero-order valence-corrected chi connectivity index (χ0v) is 13.2. The fourth-order valence-electron chi connectivity index (χ4n) is 3.18. The molecule has 1 aromatic carbocycles. The fraction of sp³-hybridized carbons (Fsp3) is 0.294. The van der Waals surface area contributed by atoms with Crippen LogP contribution in [-0.2, 0) is 6.54 Å². The Labute approximate surface area is 139 Å². The maximum absolute atomic E-state index is 12.8. The monoisotopic (exact) mass is 322 g/mol. The first-order chi connectivity index (χ1) is 11.8. The van der Waals surface area contributed by atoms with Crippen LogP contribution in [0.4, 0.5) is 0 Å². The first-order valence-electron chi connectivity index (χ1n) is 7.99. The Bertz CT molecular complexity index is 811. The second-order valence-electron chi connectivity index (χ2n) is 6.04. The van der Waals surface area contributed by atoms with Gasteiger partial charge in [0.15, 0.2) is 0 Å². The molecule has 0 radical (unpaired) electrons. The van der Waals surface area contributed by atoms with Gasteiger partial charge >= 0.3 is 0 Å². The summed E-state index contributed by atoms with van der Waals surface area (Å²) in [5, 5.41) is 11.1. The lowest BCUT2D eigenvalue weighted by Gasteiger charge is -2.17. The third kappa shape index (κ3) is 2.92. The van der Waals surface area contributed by atoms with Crippen LogP contribution in [0.15, 0.2) is 49.2 Å². The number of benzene rings is 1. The van der Waals surface area contributed by atoms with Gasteiger partial charge in [-0.25, -0.2) is 9.67 Å². The molecule has 4 rings (SSSR count). The van der Waals surface area contributed by atoms with E-state index >= 15 is 0 Å². The Morgan fingerprint density at radius 1 is 1.33 bits per heavy atom. The molecular weight excluding hydrogens is 304 g/mol. The smallest absolute Gasteiger partial charge is 0.253 e. The molecule has 0 saturated carbocycles. The summed E-state index contributed by atoms with van der Waals surface area (Å²) in [6.45, 7) is 2.11. The Balaban J connectivity index is 1.46. The number of amides is 1. The van der Waals surface area contributed by atoms with Crippen LogP contribution in [-0.4, -0.2) is 48.9 Å². The molecule has 7 heteroatoms. The third-order valence-corrected chi connectivity index (χ3v) is 4.42. The molecule has 1 fully saturated rings. The van der Waals surface area contributed by atoms with Crippen LogP contribution in [0.25, 0.3) is 0 Å². The molecule has 1 atom stereocenters. The number of carbonyl (C=O) groups excluding carboxylic acids is 1. The van der Waals surface area contributed by atoms with Crippen LogP contribution in [0, 0.1) is 0 Å². The first kappa shape index (κ1) is 14.6. The lowest BCUT2D eigenvalue weighted by atomic mass is 10.1. The van der Waals surface area contributed by atoms with Gasteiger partial charge in [-0.2, -0.15) is 10.2 Å². The molecule has 3 heterocycles. The topological polar surface area (TPSA) is 79.7 Å². The molecule has 2 aromatic heterocycles. The number of nitrogens with one attached hydrogen (secondary N) is 1.